The molecule has 1 heterocycles. The molecule has 1 aromatic heterocycles. The smallest absolute Gasteiger partial charge is 0.286 e. The van der Waals surface area contributed by atoms with Gasteiger partial charge >= 0.3 is 0 Å². The minimum atomic E-state index is -0.297. The van der Waals surface area contributed by atoms with Crippen molar-refractivity contribution in [3.8, 4) is 0 Å². The molecule has 0 atom stereocenters. The molecule has 1 aromatic carbocycles. The zero-order chi connectivity index (χ0) is 14.0. The Morgan fingerprint density at radius 3 is 2.37 bits per heavy atom. The summed E-state index contributed by atoms with van der Waals surface area (Å²) in [6, 6.07) is 6.54. The first kappa shape index (κ1) is 14.1. The van der Waals surface area contributed by atoms with Crippen LogP contribution >= 0.6 is 34.8 Å². The van der Waals surface area contributed by atoms with Crippen LogP contribution in [-0.4, -0.2) is 10.5 Å². The van der Waals surface area contributed by atoms with Crippen molar-refractivity contribution in [1.82, 2.24) is 9.99 Å². The number of nitrogens with zero attached hydrogens (tertiary/aromatic N) is 1. The molecule has 2 rings (SSSR count). The highest BCUT2D eigenvalue weighted by molar-refractivity contribution is 6.41. The Hall–Kier alpha value is -1.36. The number of amides is 1. The van der Waals surface area contributed by atoms with Crippen LogP contribution in [0.2, 0.25) is 15.1 Å². The summed E-state index contributed by atoms with van der Waals surface area (Å²) >= 11 is 17.8. The van der Waals surface area contributed by atoms with Crippen LogP contribution in [-0.2, 0) is 7.05 Å². The highest BCUT2D eigenvalue weighted by Crippen LogP contribution is 2.33. The first-order chi connectivity index (χ1) is 8.99. The SMILES string of the molecule is Cn1cccc1C(=O)NNc1c(Cl)cc(Cl)cc1Cl. The number of carbonyl (C=O) groups is 1. The average Bonchev–Trinajstić information content (AvgIpc) is 2.73. The number of nitrogens with one attached hydrogen (secondary N) is 2. The van der Waals surface area contributed by atoms with E-state index in [0.29, 0.717) is 26.4 Å². The second-order valence-corrected chi connectivity index (χ2v) is 5.08. The van der Waals surface area contributed by atoms with E-state index < -0.39 is 0 Å². The second-order valence-electron chi connectivity index (χ2n) is 3.83. The van der Waals surface area contributed by atoms with Crippen LogP contribution in [0.25, 0.3) is 0 Å². The summed E-state index contributed by atoms with van der Waals surface area (Å²) in [5.41, 5.74) is 6.12. The van der Waals surface area contributed by atoms with Crippen molar-refractivity contribution >= 4 is 46.4 Å². The maximum atomic E-state index is 11.9. The van der Waals surface area contributed by atoms with Crippen molar-refractivity contribution in [3.05, 3.63) is 51.2 Å². The summed E-state index contributed by atoms with van der Waals surface area (Å²) in [7, 11) is 1.77. The quantitative estimate of drug-likeness (QED) is 0.847. The molecule has 0 radical (unpaired) electrons. The number of anilines is 1. The number of carbonyl (C=O) groups excluding carboxylic acids is 1. The molecule has 0 spiro atoms. The van der Waals surface area contributed by atoms with Gasteiger partial charge in [-0.1, -0.05) is 34.8 Å². The minimum absolute atomic E-state index is 0.297. The summed E-state index contributed by atoms with van der Waals surface area (Å²) in [6.45, 7) is 0. The standard InChI is InChI=1S/C12H10Cl3N3O/c1-18-4-2-3-10(18)12(19)17-16-11-8(14)5-7(13)6-9(11)15/h2-6,16H,1H3,(H,17,19). The van der Waals surface area contributed by atoms with E-state index in [2.05, 4.69) is 10.9 Å². The first-order valence-electron chi connectivity index (χ1n) is 5.31. The number of rotatable bonds is 3. The van der Waals surface area contributed by atoms with Gasteiger partial charge in [-0.2, -0.15) is 0 Å². The van der Waals surface area contributed by atoms with Crippen LogP contribution in [0.3, 0.4) is 0 Å². The lowest BCUT2D eigenvalue weighted by atomic mass is 10.3. The van der Waals surface area contributed by atoms with Crippen LogP contribution in [0.5, 0.6) is 0 Å². The molecule has 0 saturated heterocycles. The fraction of sp³-hybridized carbons (Fsp3) is 0.0833. The van der Waals surface area contributed by atoms with E-state index in [1.165, 1.54) is 12.1 Å². The molecule has 100 valence electrons. The zero-order valence-electron chi connectivity index (χ0n) is 9.88. The molecule has 0 saturated carbocycles. The third-order valence-corrected chi connectivity index (χ3v) is 3.30. The minimum Gasteiger partial charge on any atom is -0.347 e. The summed E-state index contributed by atoms with van der Waals surface area (Å²) in [6.07, 6.45) is 1.77. The van der Waals surface area contributed by atoms with E-state index in [4.69, 9.17) is 34.8 Å². The highest BCUT2D eigenvalue weighted by Gasteiger charge is 2.11. The van der Waals surface area contributed by atoms with Gasteiger partial charge in [0.1, 0.15) is 5.69 Å². The van der Waals surface area contributed by atoms with Crippen molar-refractivity contribution in [2.24, 2.45) is 7.05 Å². The molecule has 4 nitrogen and oxygen atoms in total. The van der Waals surface area contributed by atoms with Gasteiger partial charge in [-0.05, 0) is 24.3 Å². The number of halogens is 3. The normalized spacial score (nSPS) is 10.3. The highest BCUT2D eigenvalue weighted by atomic mass is 35.5. The average molecular weight is 319 g/mol. The maximum Gasteiger partial charge on any atom is 0.286 e. The molecule has 19 heavy (non-hydrogen) atoms. The largest absolute Gasteiger partial charge is 0.347 e. The summed E-state index contributed by atoms with van der Waals surface area (Å²) in [5.74, 6) is -0.297. The molecular weight excluding hydrogens is 309 g/mol. The number of hydrogen-bond acceptors (Lipinski definition) is 2. The third-order valence-electron chi connectivity index (χ3n) is 2.48. The lowest BCUT2D eigenvalue weighted by Gasteiger charge is -2.12. The Bertz CT molecular complexity index is 601. The van der Waals surface area contributed by atoms with Gasteiger partial charge < -0.3 is 4.57 Å². The molecule has 0 aliphatic heterocycles. The van der Waals surface area contributed by atoms with Gasteiger partial charge in [0.2, 0.25) is 0 Å². The van der Waals surface area contributed by atoms with Gasteiger partial charge in [0.05, 0.1) is 15.7 Å². The third kappa shape index (κ3) is 3.15. The van der Waals surface area contributed by atoms with Crippen molar-refractivity contribution in [2.45, 2.75) is 0 Å². The van der Waals surface area contributed by atoms with Gasteiger partial charge in [0.15, 0.2) is 0 Å². The lowest BCUT2D eigenvalue weighted by Crippen LogP contribution is -2.31. The van der Waals surface area contributed by atoms with Crippen LogP contribution < -0.4 is 10.9 Å². The van der Waals surface area contributed by atoms with Crippen LogP contribution in [0.15, 0.2) is 30.5 Å². The summed E-state index contributed by atoms with van der Waals surface area (Å²) in [5, 5.41) is 1.07. The van der Waals surface area contributed by atoms with Crippen LogP contribution in [0.1, 0.15) is 10.5 Å². The molecule has 7 heteroatoms. The number of benzene rings is 1. The van der Waals surface area contributed by atoms with Crippen molar-refractivity contribution in [2.75, 3.05) is 5.43 Å². The topological polar surface area (TPSA) is 46.1 Å². The molecule has 0 fully saturated rings. The van der Waals surface area contributed by atoms with Crippen LogP contribution in [0, 0.1) is 0 Å². The summed E-state index contributed by atoms with van der Waals surface area (Å²) in [4.78, 5) is 11.9. The van der Waals surface area contributed by atoms with E-state index in [-0.39, 0.29) is 5.91 Å². The number of aryl methyl sites for hydroxylation is 1. The van der Waals surface area contributed by atoms with Gasteiger partial charge in [-0.25, -0.2) is 0 Å². The van der Waals surface area contributed by atoms with E-state index in [9.17, 15) is 4.79 Å². The number of hydrogen-bond donors (Lipinski definition) is 2. The Balaban J connectivity index is 2.12. The molecule has 2 N–H and O–H groups in total. The Kier molecular flexibility index (Phi) is 4.24. The number of hydrazine groups is 1. The van der Waals surface area contributed by atoms with Gasteiger partial charge in [0, 0.05) is 18.3 Å². The summed E-state index contributed by atoms with van der Waals surface area (Å²) < 4.78 is 1.70. The van der Waals surface area contributed by atoms with E-state index >= 15 is 0 Å². The monoisotopic (exact) mass is 317 g/mol. The molecule has 0 aliphatic rings. The lowest BCUT2D eigenvalue weighted by molar-refractivity contribution is 0.0954. The maximum absolute atomic E-state index is 11.9. The van der Waals surface area contributed by atoms with Gasteiger partial charge in [-0.15, -0.1) is 0 Å². The Morgan fingerprint density at radius 2 is 1.84 bits per heavy atom. The predicted octanol–water partition coefficient (Wildman–Crippen LogP) is 3.74. The Morgan fingerprint density at radius 1 is 1.21 bits per heavy atom. The molecular formula is C12H10Cl3N3O. The molecule has 0 aliphatic carbocycles. The first-order valence-corrected chi connectivity index (χ1v) is 6.44. The second kappa shape index (κ2) is 5.74. The molecule has 0 bridgehead atoms. The van der Waals surface area contributed by atoms with Crippen molar-refractivity contribution in [1.29, 1.82) is 0 Å². The fourth-order valence-electron chi connectivity index (χ4n) is 1.54. The van der Waals surface area contributed by atoms with E-state index in [1.54, 1.807) is 29.9 Å². The van der Waals surface area contributed by atoms with Gasteiger partial charge in [0.25, 0.3) is 5.91 Å². The van der Waals surface area contributed by atoms with Crippen molar-refractivity contribution in [3.63, 3.8) is 0 Å². The molecule has 2 aromatic rings. The van der Waals surface area contributed by atoms with Crippen LogP contribution in [0.4, 0.5) is 5.69 Å². The molecule has 0 unspecified atom stereocenters. The zero-order valence-corrected chi connectivity index (χ0v) is 12.1. The fourth-order valence-corrected chi connectivity index (χ4v) is 2.45. The van der Waals surface area contributed by atoms with E-state index in [0.717, 1.165) is 0 Å². The molecule has 1 amide bonds. The van der Waals surface area contributed by atoms with Crippen molar-refractivity contribution < 1.29 is 4.79 Å². The Labute approximate surface area is 125 Å². The number of aromatic nitrogens is 1. The van der Waals surface area contributed by atoms with Gasteiger partial charge in [-0.3, -0.25) is 15.6 Å². The predicted molar refractivity (Wildman–Crippen MR) is 78.0 cm³/mol. The van der Waals surface area contributed by atoms with E-state index in [1.807, 2.05) is 0 Å².